The Morgan fingerprint density at radius 3 is 1.88 bits per heavy atom. The van der Waals surface area contributed by atoms with Gasteiger partial charge in [0, 0.05) is 26.2 Å². The van der Waals surface area contributed by atoms with Crippen molar-refractivity contribution in [2.75, 3.05) is 32.8 Å². The second kappa shape index (κ2) is 8.32. The minimum atomic E-state index is 0. The third-order valence-corrected chi connectivity index (χ3v) is 4.71. The zero-order valence-electron chi connectivity index (χ0n) is 13.6. The molecule has 0 amide bonds. The fourth-order valence-electron chi connectivity index (χ4n) is 3.67. The lowest BCUT2D eigenvalue weighted by molar-refractivity contribution is -0.164. The number of hydrogen-bond acceptors (Lipinski definition) is 3. The molecule has 1 N–H and O–H groups in total. The van der Waals surface area contributed by atoms with Crippen LogP contribution in [0, 0.1) is 0 Å². The maximum absolute atomic E-state index is 6.05. The van der Waals surface area contributed by atoms with Crippen LogP contribution in [0.3, 0.4) is 0 Å². The fraction of sp³-hybridized carbons (Fsp3) is 0.368. The molecule has 0 unspecified atom stereocenters. The van der Waals surface area contributed by atoms with Gasteiger partial charge < -0.3 is 10.1 Å². The topological polar surface area (TPSA) is 24.5 Å². The molecule has 24 heavy (non-hydrogen) atoms. The molecule has 2 aliphatic heterocycles. The zero-order valence-corrected chi connectivity index (χ0v) is 15.2. The van der Waals surface area contributed by atoms with Crippen LogP contribution in [0.1, 0.15) is 17.2 Å². The van der Waals surface area contributed by atoms with E-state index < -0.39 is 0 Å². The van der Waals surface area contributed by atoms with Crippen molar-refractivity contribution in [3.8, 4) is 0 Å². The summed E-state index contributed by atoms with van der Waals surface area (Å²) in [5, 5.41) is 3.46. The highest BCUT2D eigenvalue weighted by atomic mass is 35.5. The van der Waals surface area contributed by atoms with Gasteiger partial charge in [0.15, 0.2) is 0 Å². The number of ether oxygens (including phenoxy) is 1. The van der Waals surface area contributed by atoms with Crippen LogP contribution in [0.15, 0.2) is 60.7 Å². The third kappa shape index (κ3) is 3.76. The highest BCUT2D eigenvalue weighted by molar-refractivity contribution is 5.85. The Morgan fingerprint density at radius 1 is 0.875 bits per heavy atom. The lowest BCUT2D eigenvalue weighted by atomic mass is 9.86. The molecule has 5 heteroatoms. The van der Waals surface area contributed by atoms with Gasteiger partial charge in [-0.25, -0.2) is 0 Å². The molecule has 0 atom stereocenters. The van der Waals surface area contributed by atoms with Crippen LogP contribution in [-0.2, 0) is 4.74 Å². The van der Waals surface area contributed by atoms with Crippen molar-refractivity contribution in [3.05, 3.63) is 71.8 Å². The lowest BCUT2D eigenvalue weighted by Crippen LogP contribution is -2.70. The average Bonchev–Trinajstić information content (AvgIpc) is 2.57. The van der Waals surface area contributed by atoms with Gasteiger partial charge in [-0.05, 0) is 11.1 Å². The van der Waals surface area contributed by atoms with Crippen molar-refractivity contribution in [2.45, 2.75) is 11.6 Å². The average molecular weight is 367 g/mol. The van der Waals surface area contributed by atoms with Crippen molar-refractivity contribution in [3.63, 3.8) is 0 Å². The van der Waals surface area contributed by atoms with Crippen LogP contribution < -0.4 is 5.32 Å². The van der Waals surface area contributed by atoms with Crippen LogP contribution in [0.4, 0.5) is 0 Å². The van der Waals surface area contributed by atoms with E-state index in [9.17, 15) is 0 Å². The number of nitrogens with zero attached hydrogens (tertiary/aromatic N) is 1. The second-order valence-corrected chi connectivity index (χ2v) is 6.34. The first kappa shape index (κ1) is 19.2. The molecule has 2 aliphatic rings. The van der Waals surface area contributed by atoms with Gasteiger partial charge in [-0.15, -0.1) is 24.8 Å². The van der Waals surface area contributed by atoms with Gasteiger partial charge in [0.25, 0.3) is 0 Å². The van der Waals surface area contributed by atoms with E-state index in [4.69, 9.17) is 4.74 Å². The van der Waals surface area contributed by atoms with E-state index in [0.717, 1.165) is 32.8 Å². The summed E-state index contributed by atoms with van der Waals surface area (Å²) in [6.45, 7) is 4.76. The smallest absolute Gasteiger partial charge is 0.106 e. The molecule has 2 fully saturated rings. The Labute approximate surface area is 156 Å². The number of nitrogens with one attached hydrogen (secondary N) is 1. The molecule has 2 aromatic carbocycles. The standard InChI is InChI=1S/C19H22N2O.2ClH/c1-3-7-16(8-4-1)18(17-9-5-2-6-10-17)21-14-19(15-21)13-20-11-12-22-19;;/h1-10,18,20H,11-15H2;2*1H. The number of morpholine rings is 1. The summed E-state index contributed by atoms with van der Waals surface area (Å²) < 4.78 is 6.05. The normalized spacial score (nSPS) is 19.2. The predicted molar refractivity (Wildman–Crippen MR) is 102 cm³/mol. The first-order valence-electron chi connectivity index (χ1n) is 8.05. The number of hydrogen-bond donors (Lipinski definition) is 1. The molecular formula is C19H24Cl2N2O. The third-order valence-electron chi connectivity index (χ3n) is 4.71. The van der Waals surface area contributed by atoms with E-state index in [1.807, 2.05) is 0 Å². The van der Waals surface area contributed by atoms with Gasteiger partial charge in [0.1, 0.15) is 5.60 Å². The minimum absolute atomic E-state index is 0. The Morgan fingerprint density at radius 2 is 1.42 bits per heavy atom. The first-order valence-corrected chi connectivity index (χ1v) is 8.05. The highest BCUT2D eigenvalue weighted by Crippen LogP contribution is 2.37. The van der Waals surface area contributed by atoms with Crippen LogP contribution in [0.25, 0.3) is 0 Å². The van der Waals surface area contributed by atoms with Crippen LogP contribution in [0.2, 0.25) is 0 Å². The Balaban J connectivity index is 0.00000104. The van der Waals surface area contributed by atoms with Crippen LogP contribution in [0.5, 0.6) is 0 Å². The largest absolute Gasteiger partial charge is 0.370 e. The van der Waals surface area contributed by atoms with Gasteiger partial charge in [-0.2, -0.15) is 0 Å². The van der Waals surface area contributed by atoms with Crippen LogP contribution >= 0.6 is 24.8 Å². The molecule has 0 saturated carbocycles. The minimum Gasteiger partial charge on any atom is -0.370 e. The molecule has 130 valence electrons. The SMILES string of the molecule is Cl.Cl.c1ccc(C(c2ccccc2)N2CC3(CNCCO3)C2)cc1. The second-order valence-electron chi connectivity index (χ2n) is 6.34. The molecule has 0 radical (unpaired) electrons. The van der Waals surface area contributed by atoms with E-state index >= 15 is 0 Å². The van der Waals surface area contributed by atoms with Crippen molar-refractivity contribution in [2.24, 2.45) is 0 Å². The Kier molecular flexibility index (Phi) is 6.67. The molecule has 2 saturated heterocycles. The lowest BCUT2D eigenvalue weighted by Gasteiger charge is -2.54. The highest BCUT2D eigenvalue weighted by Gasteiger charge is 2.47. The summed E-state index contributed by atoms with van der Waals surface area (Å²) in [6, 6.07) is 21.9. The quantitative estimate of drug-likeness (QED) is 0.901. The number of benzene rings is 2. The van der Waals surface area contributed by atoms with Crippen molar-refractivity contribution >= 4 is 24.8 Å². The van der Waals surface area contributed by atoms with Crippen molar-refractivity contribution < 1.29 is 4.74 Å². The van der Waals surface area contributed by atoms with Crippen LogP contribution in [-0.4, -0.2) is 43.3 Å². The molecule has 3 nitrogen and oxygen atoms in total. The van der Waals surface area contributed by atoms with E-state index in [0.29, 0.717) is 6.04 Å². The molecular weight excluding hydrogens is 343 g/mol. The Bertz CT molecular complexity index is 570. The first-order chi connectivity index (χ1) is 10.9. The number of rotatable bonds is 3. The Hall–Kier alpha value is -1.10. The van der Waals surface area contributed by atoms with Crippen molar-refractivity contribution in [1.82, 2.24) is 10.2 Å². The summed E-state index contributed by atoms with van der Waals surface area (Å²) in [4.78, 5) is 2.53. The van der Waals surface area contributed by atoms with Gasteiger partial charge in [0.2, 0.25) is 0 Å². The van der Waals surface area contributed by atoms with E-state index in [1.165, 1.54) is 11.1 Å². The molecule has 2 heterocycles. The molecule has 1 spiro atoms. The summed E-state index contributed by atoms with van der Waals surface area (Å²) in [6.07, 6.45) is 0. The zero-order chi connectivity index (χ0) is 14.8. The summed E-state index contributed by atoms with van der Waals surface area (Å²) >= 11 is 0. The molecule has 0 aliphatic carbocycles. The maximum Gasteiger partial charge on any atom is 0.106 e. The van der Waals surface area contributed by atoms with E-state index in [1.54, 1.807) is 0 Å². The maximum atomic E-state index is 6.05. The molecule has 2 aromatic rings. The van der Waals surface area contributed by atoms with Gasteiger partial charge in [-0.1, -0.05) is 60.7 Å². The summed E-state index contributed by atoms with van der Waals surface area (Å²) in [5.41, 5.74) is 2.74. The van der Waals surface area contributed by atoms with E-state index in [-0.39, 0.29) is 30.4 Å². The fourth-order valence-corrected chi connectivity index (χ4v) is 3.67. The van der Waals surface area contributed by atoms with Crippen molar-refractivity contribution in [1.29, 1.82) is 0 Å². The van der Waals surface area contributed by atoms with Gasteiger partial charge in [0.05, 0.1) is 12.6 Å². The number of likely N-dealkylation sites (tertiary alicyclic amines) is 1. The number of halogens is 2. The summed E-state index contributed by atoms with van der Waals surface area (Å²) in [7, 11) is 0. The predicted octanol–water partition coefficient (Wildman–Crippen LogP) is 3.29. The van der Waals surface area contributed by atoms with E-state index in [2.05, 4.69) is 70.9 Å². The summed E-state index contributed by atoms with van der Waals surface area (Å²) in [5.74, 6) is 0. The molecule has 0 bridgehead atoms. The van der Waals surface area contributed by atoms with Gasteiger partial charge >= 0.3 is 0 Å². The van der Waals surface area contributed by atoms with Gasteiger partial charge in [-0.3, -0.25) is 4.90 Å². The molecule has 0 aromatic heterocycles. The molecule has 4 rings (SSSR count). The monoisotopic (exact) mass is 366 g/mol.